The number of hydrogen-bond donors (Lipinski definition) is 1. The third kappa shape index (κ3) is 2.88. The summed E-state index contributed by atoms with van der Waals surface area (Å²) in [5.41, 5.74) is 3.97. The van der Waals surface area contributed by atoms with Gasteiger partial charge >= 0.3 is 0 Å². The van der Waals surface area contributed by atoms with E-state index in [4.69, 9.17) is 4.42 Å². The average molecular weight is 346 g/mol. The molecule has 1 amide bonds. The second kappa shape index (κ2) is 6.71. The van der Waals surface area contributed by atoms with Crippen molar-refractivity contribution in [2.75, 3.05) is 6.54 Å². The van der Waals surface area contributed by atoms with Crippen molar-refractivity contribution >= 4 is 27.8 Å². The summed E-state index contributed by atoms with van der Waals surface area (Å²) in [7, 11) is 0. The van der Waals surface area contributed by atoms with Crippen LogP contribution < -0.4 is 5.32 Å². The van der Waals surface area contributed by atoms with Gasteiger partial charge in [0.05, 0.1) is 0 Å². The van der Waals surface area contributed by atoms with Crippen LogP contribution in [0.4, 0.5) is 0 Å². The van der Waals surface area contributed by atoms with Gasteiger partial charge in [-0.25, -0.2) is 0 Å². The number of aryl methyl sites for hydroxylation is 3. The lowest BCUT2D eigenvalue weighted by Gasteiger charge is -2.07. The van der Waals surface area contributed by atoms with Crippen molar-refractivity contribution in [3.8, 4) is 0 Å². The highest BCUT2D eigenvalue weighted by Gasteiger charge is 2.17. The van der Waals surface area contributed by atoms with E-state index in [2.05, 4.69) is 34.3 Å². The van der Waals surface area contributed by atoms with Gasteiger partial charge in [-0.2, -0.15) is 0 Å². The summed E-state index contributed by atoms with van der Waals surface area (Å²) in [5.74, 6) is 0.274. The fourth-order valence-corrected chi connectivity index (χ4v) is 3.47. The lowest BCUT2D eigenvalue weighted by molar-refractivity contribution is 0.0926. The summed E-state index contributed by atoms with van der Waals surface area (Å²) < 4.78 is 8.05. The van der Waals surface area contributed by atoms with Gasteiger partial charge in [0.25, 0.3) is 5.91 Å². The molecule has 26 heavy (non-hydrogen) atoms. The highest BCUT2D eigenvalue weighted by atomic mass is 16.3. The Morgan fingerprint density at radius 1 is 1.08 bits per heavy atom. The molecule has 2 heterocycles. The van der Waals surface area contributed by atoms with E-state index in [0.717, 1.165) is 35.1 Å². The van der Waals surface area contributed by atoms with E-state index in [1.807, 2.05) is 44.2 Å². The minimum absolute atomic E-state index is 0.143. The average Bonchev–Trinajstić information content (AvgIpc) is 3.21. The predicted octanol–water partition coefficient (Wildman–Crippen LogP) is 4.82. The molecule has 2 aromatic carbocycles. The summed E-state index contributed by atoms with van der Waals surface area (Å²) in [6.07, 6.45) is 2.96. The van der Waals surface area contributed by atoms with Gasteiger partial charge in [0.1, 0.15) is 5.58 Å². The van der Waals surface area contributed by atoms with E-state index in [9.17, 15) is 4.79 Å². The molecule has 0 radical (unpaired) electrons. The van der Waals surface area contributed by atoms with Crippen LogP contribution in [0.1, 0.15) is 28.1 Å². The number of nitrogens with one attached hydrogen (secondary N) is 1. The Bertz CT molecular complexity index is 1090. The summed E-state index contributed by atoms with van der Waals surface area (Å²) >= 11 is 0. The van der Waals surface area contributed by atoms with Crippen LogP contribution in [0.15, 0.2) is 59.1 Å². The number of aromatic nitrogens is 1. The zero-order valence-electron chi connectivity index (χ0n) is 15.1. The van der Waals surface area contributed by atoms with Crippen molar-refractivity contribution in [3.05, 3.63) is 71.6 Å². The molecule has 0 aliphatic rings. The van der Waals surface area contributed by atoms with Crippen molar-refractivity contribution in [2.45, 2.75) is 26.8 Å². The molecule has 0 unspecified atom stereocenters. The first kappa shape index (κ1) is 16.5. The zero-order valence-corrected chi connectivity index (χ0v) is 15.1. The summed E-state index contributed by atoms with van der Waals surface area (Å²) in [5, 5.41) is 5.23. The summed E-state index contributed by atoms with van der Waals surface area (Å²) in [6.45, 7) is 5.41. The Balaban J connectivity index is 1.40. The molecular weight excluding hydrogens is 324 g/mol. The molecule has 0 spiro atoms. The number of benzene rings is 2. The SMILES string of the molecule is Cc1c(C(=O)NCCCn2ccc3ccccc32)oc2c(C)cccc12. The maximum Gasteiger partial charge on any atom is 0.287 e. The van der Waals surface area contributed by atoms with Crippen LogP contribution in [0, 0.1) is 13.8 Å². The summed E-state index contributed by atoms with van der Waals surface area (Å²) in [4.78, 5) is 12.5. The quantitative estimate of drug-likeness (QED) is 0.526. The van der Waals surface area contributed by atoms with Gasteiger partial charge in [-0.05, 0) is 43.4 Å². The highest BCUT2D eigenvalue weighted by Crippen LogP contribution is 2.27. The Morgan fingerprint density at radius 2 is 1.92 bits per heavy atom. The number of amides is 1. The lowest BCUT2D eigenvalue weighted by Crippen LogP contribution is -2.25. The number of furan rings is 1. The van der Waals surface area contributed by atoms with Gasteiger partial charge in [0, 0.05) is 35.8 Å². The van der Waals surface area contributed by atoms with Crippen LogP contribution in [-0.4, -0.2) is 17.0 Å². The van der Waals surface area contributed by atoms with Gasteiger partial charge in [-0.1, -0.05) is 36.4 Å². The van der Waals surface area contributed by atoms with E-state index in [-0.39, 0.29) is 5.91 Å². The normalized spacial score (nSPS) is 11.3. The van der Waals surface area contributed by atoms with Crippen molar-refractivity contribution in [1.82, 2.24) is 9.88 Å². The fraction of sp³-hybridized carbons (Fsp3) is 0.227. The van der Waals surface area contributed by atoms with Crippen molar-refractivity contribution < 1.29 is 9.21 Å². The van der Waals surface area contributed by atoms with Crippen LogP contribution in [0.5, 0.6) is 0 Å². The second-order valence-electron chi connectivity index (χ2n) is 6.69. The van der Waals surface area contributed by atoms with Gasteiger partial charge in [0.2, 0.25) is 0 Å². The van der Waals surface area contributed by atoms with Crippen LogP contribution >= 0.6 is 0 Å². The van der Waals surface area contributed by atoms with E-state index < -0.39 is 0 Å². The van der Waals surface area contributed by atoms with Crippen molar-refractivity contribution in [1.29, 1.82) is 0 Å². The maximum atomic E-state index is 12.5. The van der Waals surface area contributed by atoms with E-state index >= 15 is 0 Å². The Hall–Kier alpha value is -3.01. The van der Waals surface area contributed by atoms with Crippen LogP contribution in [-0.2, 0) is 6.54 Å². The predicted molar refractivity (Wildman–Crippen MR) is 105 cm³/mol. The van der Waals surface area contributed by atoms with Crippen LogP contribution in [0.2, 0.25) is 0 Å². The number of carbonyl (C=O) groups is 1. The van der Waals surface area contributed by atoms with Gasteiger partial charge in [0.15, 0.2) is 5.76 Å². The standard InChI is InChI=1S/C22H22N2O2/c1-15-7-5-9-18-16(2)21(26-20(15)18)22(25)23-12-6-13-24-14-11-17-8-3-4-10-19(17)24/h3-5,7-11,14H,6,12-13H2,1-2H3,(H,23,25). The van der Waals surface area contributed by atoms with E-state index in [1.165, 1.54) is 10.9 Å². The molecule has 4 aromatic rings. The molecular formula is C22H22N2O2. The van der Waals surface area contributed by atoms with E-state index in [1.54, 1.807) is 0 Å². The zero-order chi connectivity index (χ0) is 18.1. The molecule has 0 bridgehead atoms. The number of fused-ring (bicyclic) bond motifs is 2. The maximum absolute atomic E-state index is 12.5. The first-order valence-corrected chi connectivity index (χ1v) is 8.96. The molecule has 4 rings (SSSR count). The highest BCUT2D eigenvalue weighted by molar-refractivity contribution is 5.99. The minimum atomic E-state index is -0.143. The molecule has 4 nitrogen and oxygen atoms in total. The molecule has 0 saturated carbocycles. The monoisotopic (exact) mass is 346 g/mol. The third-order valence-electron chi connectivity index (χ3n) is 4.91. The van der Waals surface area contributed by atoms with Crippen molar-refractivity contribution in [3.63, 3.8) is 0 Å². The number of hydrogen-bond acceptors (Lipinski definition) is 2. The molecule has 2 aromatic heterocycles. The fourth-order valence-electron chi connectivity index (χ4n) is 3.47. The molecule has 0 atom stereocenters. The smallest absolute Gasteiger partial charge is 0.287 e. The first-order valence-electron chi connectivity index (χ1n) is 8.96. The number of para-hydroxylation sites is 2. The Kier molecular flexibility index (Phi) is 4.25. The number of nitrogens with zero attached hydrogens (tertiary/aromatic N) is 1. The van der Waals surface area contributed by atoms with Gasteiger partial charge < -0.3 is 14.3 Å². The molecule has 132 valence electrons. The lowest BCUT2D eigenvalue weighted by atomic mass is 10.1. The van der Waals surface area contributed by atoms with E-state index in [0.29, 0.717) is 12.3 Å². The van der Waals surface area contributed by atoms with Crippen LogP contribution in [0.3, 0.4) is 0 Å². The van der Waals surface area contributed by atoms with Gasteiger partial charge in [-0.3, -0.25) is 4.79 Å². The second-order valence-corrected chi connectivity index (χ2v) is 6.69. The largest absolute Gasteiger partial charge is 0.450 e. The molecule has 4 heteroatoms. The Morgan fingerprint density at radius 3 is 2.77 bits per heavy atom. The summed E-state index contributed by atoms with van der Waals surface area (Å²) in [6, 6.07) is 16.4. The van der Waals surface area contributed by atoms with Crippen molar-refractivity contribution in [2.24, 2.45) is 0 Å². The molecule has 0 saturated heterocycles. The number of carbonyl (C=O) groups excluding carboxylic acids is 1. The molecule has 0 aliphatic carbocycles. The topological polar surface area (TPSA) is 47.2 Å². The van der Waals surface area contributed by atoms with Gasteiger partial charge in [-0.15, -0.1) is 0 Å². The number of rotatable bonds is 5. The minimum Gasteiger partial charge on any atom is -0.450 e. The van der Waals surface area contributed by atoms with Crippen LogP contribution in [0.25, 0.3) is 21.9 Å². The molecule has 0 aliphatic heterocycles. The molecule has 0 fully saturated rings. The Labute approximate surface area is 152 Å². The third-order valence-corrected chi connectivity index (χ3v) is 4.91. The first-order chi connectivity index (χ1) is 12.6. The molecule has 1 N–H and O–H groups in total.